The summed E-state index contributed by atoms with van der Waals surface area (Å²) in [6, 6.07) is 6.28. The van der Waals surface area contributed by atoms with Crippen LogP contribution in [-0.2, 0) is 4.79 Å². The van der Waals surface area contributed by atoms with E-state index in [0.717, 1.165) is 37.3 Å². The highest BCUT2D eigenvalue weighted by atomic mass is 32.1. The standard InChI is InChI=1S/C19H16N4OS2/c1-10-23-14-7-11(3-5-15(14)26-10)13-9-25-18-12(4-6-16(24)21-2)8-22-19(20)17(13)18/h3-9H,1-2H3,(H2,20,22)(H,21,24)/b6-4+. The van der Waals surface area contributed by atoms with Crippen molar-refractivity contribution in [3.05, 3.63) is 46.4 Å². The molecule has 0 bridgehead atoms. The number of carbonyl (C=O) groups excluding carboxylic acids is 1. The van der Waals surface area contributed by atoms with Gasteiger partial charge in [-0.05, 0) is 36.1 Å². The molecule has 26 heavy (non-hydrogen) atoms. The highest BCUT2D eigenvalue weighted by Crippen LogP contribution is 2.39. The van der Waals surface area contributed by atoms with Gasteiger partial charge in [-0.3, -0.25) is 4.79 Å². The number of anilines is 1. The molecule has 130 valence electrons. The monoisotopic (exact) mass is 380 g/mol. The Hall–Kier alpha value is -2.77. The lowest BCUT2D eigenvalue weighted by Crippen LogP contribution is -2.13. The zero-order chi connectivity index (χ0) is 18.3. The van der Waals surface area contributed by atoms with E-state index in [-0.39, 0.29) is 5.91 Å². The molecule has 4 rings (SSSR count). The number of pyridine rings is 1. The molecule has 0 atom stereocenters. The van der Waals surface area contributed by atoms with Crippen LogP contribution in [0.15, 0.2) is 35.9 Å². The summed E-state index contributed by atoms with van der Waals surface area (Å²) in [5.41, 5.74) is 10.2. The molecular weight excluding hydrogens is 364 g/mol. The van der Waals surface area contributed by atoms with Crippen molar-refractivity contribution in [2.45, 2.75) is 6.92 Å². The minimum Gasteiger partial charge on any atom is -0.383 e. The van der Waals surface area contributed by atoms with Crippen LogP contribution in [0.2, 0.25) is 0 Å². The quantitative estimate of drug-likeness (QED) is 0.521. The number of hydrogen-bond donors (Lipinski definition) is 2. The highest BCUT2D eigenvalue weighted by molar-refractivity contribution is 7.18. The van der Waals surface area contributed by atoms with Gasteiger partial charge in [-0.1, -0.05) is 6.07 Å². The molecule has 0 aliphatic rings. The summed E-state index contributed by atoms with van der Waals surface area (Å²) in [6.07, 6.45) is 4.96. The number of nitrogen functional groups attached to an aromatic ring is 1. The zero-order valence-corrected chi connectivity index (χ0v) is 15.9. The first-order valence-electron chi connectivity index (χ1n) is 8.00. The Balaban J connectivity index is 1.87. The smallest absolute Gasteiger partial charge is 0.243 e. The Bertz CT molecular complexity index is 1170. The second-order valence-corrected chi connectivity index (χ2v) is 7.93. The van der Waals surface area contributed by atoms with E-state index < -0.39 is 0 Å². The van der Waals surface area contributed by atoms with Crippen LogP contribution in [0.1, 0.15) is 10.6 Å². The summed E-state index contributed by atoms with van der Waals surface area (Å²) in [7, 11) is 1.60. The number of fused-ring (bicyclic) bond motifs is 2. The Morgan fingerprint density at radius 3 is 3.00 bits per heavy atom. The maximum Gasteiger partial charge on any atom is 0.243 e. The topological polar surface area (TPSA) is 80.9 Å². The number of carbonyl (C=O) groups is 1. The van der Waals surface area contributed by atoms with E-state index in [9.17, 15) is 4.79 Å². The molecule has 4 aromatic rings. The van der Waals surface area contributed by atoms with Gasteiger partial charge in [0.25, 0.3) is 0 Å². The van der Waals surface area contributed by atoms with Gasteiger partial charge in [-0.15, -0.1) is 22.7 Å². The lowest BCUT2D eigenvalue weighted by Gasteiger charge is -2.04. The molecule has 1 amide bonds. The number of nitrogens with zero attached hydrogens (tertiary/aromatic N) is 2. The van der Waals surface area contributed by atoms with Crippen molar-refractivity contribution in [3.8, 4) is 11.1 Å². The second kappa shape index (κ2) is 6.51. The van der Waals surface area contributed by atoms with Crippen LogP contribution in [0.5, 0.6) is 0 Å². The average molecular weight is 380 g/mol. The number of aromatic nitrogens is 2. The van der Waals surface area contributed by atoms with Crippen molar-refractivity contribution in [2.24, 2.45) is 0 Å². The number of nitrogens with two attached hydrogens (primary N) is 1. The first-order chi connectivity index (χ1) is 12.6. The van der Waals surface area contributed by atoms with Crippen molar-refractivity contribution >= 4 is 60.8 Å². The summed E-state index contributed by atoms with van der Waals surface area (Å²) in [4.78, 5) is 20.4. The number of aryl methyl sites for hydroxylation is 1. The molecule has 0 fully saturated rings. The number of likely N-dealkylation sites (N-methyl/N-ethyl adjacent to an activating group) is 1. The Labute approximate surface area is 158 Å². The molecular formula is C19H16N4OS2. The third-order valence-electron chi connectivity index (χ3n) is 4.12. The zero-order valence-electron chi connectivity index (χ0n) is 14.2. The van der Waals surface area contributed by atoms with Crippen molar-refractivity contribution < 1.29 is 4.79 Å². The van der Waals surface area contributed by atoms with E-state index in [4.69, 9.17) is 5.73 Å². The molecule has 7 heteroatoms. The first-order valence-corrected chi connectivity index (χ1v) is 9.69. The number of amides is 1. The van der Waals surface area contributed by atoms with E-state index in [0.29, 0.717) is 5.82 Å². The van der Waals surface area contributed by atoms with Crippen molar-refractivity contribution in [3.63, 3.8) is 0 Å². The van der Waals surface area contributed by atoms with Crippen LogP contribution in [0.4, 0.5) is 5.82 Å². The first kappa shape index (κ1) is 16.7. The number of rotatable bonds is 3. The van der Waals surface area contributed by atoms with Crippen LogP contribution in [0, 0.1) is 6.92 Å². The largest absolute Gasteiger partial charge is 0.383 e. The van der Waals surface area contributed by atoms with Crippen molar-refractivity contribution in [2.75, 3.05) is 12.8 Å². The van der Waals surface area contributed by atoms with Gasteiger partial charge in [0.2, 0.25) is 5.91 Å². The van der Waals surface area contributed by atoms with E-state index in [1.807, 2.05) is 6.92 Å². The molecule has 0 aliphatic carbocycles. The predicted molar refractivity (Wildman–Crippen MR) is 110 cm³/mol. The predicted octanol–water partition coefficient (Wildman–Crippen LogP) is 4.22. The molecule has 0 spiro atoms. The van der Waals surface area contributed by atoms with Crippen LogP contribution in [-0.4, -0.2) is 22.9 Å². The number of thiophene rings is 1. The molecule has 3 aromatic heterocycles. The van der Waals surface area contributed by atoms with Gasteiger partial charge < -0.3 is 11.1 Å². The molecule has 0 saturated carbocycles. The molecule has 0 saturated heterocycles. The van der Waals surface area contributed by atoms with Crippen LogP contribution in [0.3, 0.4) is 0 Å². The molecule has 0 unspecified atom stereocenters. The second-order valence-electron chi connectivity index (χ2n) is 5.82. The molecule has 5 nitrogen and oxygen atoms in total. The van der Waals surface area contributed by atoms with Gasteiger partial charge in [0, 0.05) is 40.5 Å². The summed E-state index contributed by atoms with van der Waals surface area (Å²) >= 11 is 3.28. The molecule has 0 radical (unpaired) electrons. The third-order valence-corrected chi connectivity index (χ3v) is 6.10. The van der Waals surface area contributed by atoms with Gasteiger partial charge >= 0.3 is 0 Å². The van der Waals surface area contributed by atoms with Crippen molar-refractivity contribution in [1.82, 2.24) is 15.3 Å². The minimum atomic E-state index is -0.156. The molecule has 3 heterocycles. The lowest BCUT2D eigenvalue weighted by molar-refractivity contribution is -0.115. The SMILES string of the molecule is CNC(=O)/C=C/c1cnc(N)c2c(-c3ccc4sc(C)nc4c3)csc12. The molecule has 0 aliphatic heterocycles. The molecule has 3 N–H and O–H groups in total. The number of nitrogens with one attached hydrogen (secondary N) is 1. The van der Waals surface area contributed by atoms with Gasteiger partial charge in [0.1, 0.15) is 5.82 Å². The van der Waals surface area contributed by atoms with Gasteiger partial charge in [-0.2, -0.15) is 0 Å². The highest BCUT2D eigenvalue weighted by Gasteiger charge is 2.14. The van der Waals surface area contributed by atoms with E-state index in [1.165, 1.54) is 10.8 Å². The fourth-order valence-electron chi connectivity index (χ4n) is 2.88. The van der Waals surface area contributed by atoms with Crippen LogP contribution in [0.25, 0.3) is 37.5 Å². The summed E-state index contributed by atoms with van der Waals surface area (Å²) in [6.45, 7) is 2.01. The summed E-state index contributed by atoms with van der Waals surface area (Å²) in [5, 5.41) is 6.62. The summed E-state index contributed by atoms with van der Waals surface area (Å²) < 4.78 is 2.19. The Morgan fingerprint density at radius 1 is 1.35 bits per heavy atom. The number of benzene rings is 1. The van der Waals surface area contributed by atoms with Crippen LogP contribution >= 0.6 is 22.7 Å². The van der Waals surface area contributed by atoms with Crippen LogP contribution < -0.4 is 11.1 Å². The third kappa shape index (κ3) is 2.85. The van der Waals surface area contributed by atoms with Gasteiger partial charge in [0.05, 0.1) is 15.2 Å². The summed E-state index contributed by atoms with van der Waals surface area (Å²) in [5.74, 6) is 0.332. The lowest BCUT2D eigenvalue weighted by atomic mass is 10.0. The average Bonchev–Trinajstić information content (AvgIpc) is 3.23. The minimum absolute atomic E-state index is 0.156. The fourth-order valence-corrected chi connectivity index (χ4v) is 4.76. The Kier molecular flexibility index (Phi) is 4.18. The number of thiazole rings is 1. The van der Waals surface area contributed by atoms with Gasteiger partial charge in [0.15, 0.2) is 0 Å². The van der Waals surface area contributed by atoms with E-state index in [2.05, 4.69) is 38.9 Å². The number of hydrogen-bond acceptors (Lipinski definition) is 6. The Morgan fingerprint density at radius 2 is 2.19 bits per heavy atom. The fraction of sp³-hybridized carbons (Fsp3) is 0.105. The maximum absolute atomic E-state index is 11.5. The molecule has 1 aromatic carbocycles. The maximum atomic E-state index is 11.5. The van der Waals surface area contributed by atoms with E-state index in [1.54, 1.807) is 42.0 Å². The van der Waals surface area contributed by atoms with Gasteiger partial charge in [-0.25, -0.2) is 9.97 Å². The van der Waals surface area contributed by atoms with Crippen molar-refractivity contribution in [1.29, 1.82) is 0 Å². The normalized spacial score (nSPS) is 11.6. The van der Waals surface area contributed by atoms with E-state index >= 15 is 0 Å².